The molecule has 0 spiro atoms. The van der Waals surface area contributed by atoms with E-state index in [1.54, 1.807) is 18.2 Å². The minimum absolute atomic E-state index is 0.139. The average Bonchev–Trinajstić information content (AvgIpc) is 2.56. The Kier molecular flexibility index (Phi) is 5.50. The largest absolute Gasteiger partial charge is 0.381 e. The first-order chi connectivity index (χ1) is 11.1. The molecule has 3 rings (SSSR count). The van der Waals surface area contributed by atoms with Gasteiger partial charge in [-0.3, -0.25) is 10.1 Å². The Hall–Kier alpha value is -1.18. The second kappa shape index (κ2) is 7.59. The molecule has 1 N–H and O–H groups in total. The lowest BCUT2D eigenvalue weighted by Crippen LogP contribution is -2.46. The number of halogens is 1. The molecule has 0 aliphatic carbocycles. The van der Waals surface area contributed by atoms with Crippen molar-refractivity contribution in [2.24, 2.45) is 0 Å². The molecule has 6 nitrogen and oxygen atoms in total. The van der Waals surface area contributed by atoms with Crippen LogP contribution in [0.25, 0.3) is 0 Å². The van der Waals surface area contributed by atoms with Gasteiger partial charge < -0.3 is 15.0 Å². The van der Waals surface area contributed by atoms with E-state index in [1.165, 1.54) is 0 Å². The molecule has 1 aromatic carbocycles. The highest BCUT2D eigenvalue weighted by molar-refractivity contribution is 9.10. The van der Waals surface area contributed by atoms with Crippen LogP contribution >= 0.6 is 15.9 Å². The van der Waals surface area contributed by atoms with Crippen molar-refractivity contribution < 1.29 is 9.66 Å². The Labute approximate surface area is 144 Å². The summed E-state index contributed by atoms with van der Waals surface area (Å²) in [6.07, 6.45) is 4.27. The van der Waals surface area contributed by atoms with E-state index in [0.717, 1.165) is 56.5 Å². The molecule has 0 bridgehead atoms. The number of benzene rings is 1. The predicted octanol–water partition coefficient (Wildman–Crippen LogP) is 3.41. The molecular weight excluding hydrogens is 362 g/mol. The quantitative estimate of drug-likeness (QED) is 0.637. The molecule has 0 saturated carbocycles. The number of hydrogen-bond donors (Lipinski definition) is 1. The molecule has 23 heavy (non-hydrogen) atoms. The van der Waals surface area contributed by atoms with Crippen LogP contribution in [0.1, 0.15) is 25.7 Å². The Morgan fingerprint density at radius 3 is 2.57 bits per heavy atom. The van der Waals surface area contributed by atoms with E-state index < -0.39 is 0 Å². The predicted molar refractivity (Wildman–Crippen MR) is 92.9 cm³/mol. The molecule has 126 valence electrons. The van der Waals surface area contributed by atoms with Gasteiger partial charge in [0.1, 0.15) is 5.69 Å². The van der Waals surface area contributed by atoms with Gasteiger partial charge in [0.25, 0.3) is 5.69 Å². The molecule has 7 heteroatoms. The zero-order valence-corrected chi connectivity index (χ0v) is 14.6. The highest BCUT2D eigenvalue weighted by Gasteiger charge is 2.27. The van der Waals surface area contributed by atoms with Crippen LogP contribution in [0.5, 0.6) is 0 Å². The van der Waals surface area contributed by atoms with Crippen LogP contribution in [0.2, 0.25) is 0 Å². The van der Waals surface area contributed by atoms with Gasteiger partial charge in [-0.1, -0.05) is 15.9 Å². The SMILES string of the molecule is O=[N+]([O-])c1ccc(Br)cc1NC1CCN(C2CCOCC2)CC1. The molecule has 2 aliphatic heterocycles. The molecular formula is C16H22BrN3O3. The topological polar surface area (TPSA) is 67.6 Å². The van der Waals surface area contributed by atoms with Crippen molar-refractivity contribution in [3.8, 4) is 0 Å². The summed E-state index contributed by atoms with van der Waals surface area (Å²) in [5, 5.41) is 14.5. The number of piperidine rings is 1. The molecule has 2 fully saturated rings. The number of rotatable bonds is 4. The van der Waals surface area contributed by atoms with E-state index >= 15 is 0 Å². The third kappa shape index (κ3) is 4.22. The Balaban J connectivity index is 1.58. The van der Waals surface area contributed by atoms with Gasteiger partial charge >= 0.3 is 0 Å². The van der Waals surface area contributed by atoms with Crippen molar-refractivity contribution in [2.45, 2.75) is 37.8 Å². The van der Waals surface area contributed by atoms with Crippen molar-refractivity contribution in [1.29, 1.82) is 0 Å². The van der Waals surface area contributed by atoms with E-state index in [-0.39, 0.29) is 10.6 Å². The van der Waals surface area contributed by atoms with E-state index in [0.29, 0.717) is 17.8 Å². The molecule has 0 atom stereocenters. The lowest BCUT2D eigenvalue weighted by molar-refractivity contribution is -0.384. The number of likely N-dealkylation sites (tertiary alicyclic amines) is 1. The monoisotopic (exact) mass is 383 g/mol. The fourth-order valence-electron chi connectivity index (χ4n) is 3.46. The smallest absolute Gasteiger partial charge is 0.292 e. The van der Waals surface area contributed by atoms with Gasteiger partial charge in [0.05, 0.1) is 4.92 Å². The average molecular weight is 384 g/mol. The Morgan fingerprint density at radius 2 is 1.91 bits per heavy atom. The van der Waals surface area contributed by atoms with Gasteiger partial charge in [0, 0.05) is 48.9 Å². The number of nitrogens with zero attached hydrogens (tertiary/aromatic N) is 2. The second-order valence-corrected chi connectivity index (χ2v) is 7.13. The van der Waals surface area contributed by atoms with Crippen LogP contribution in [0.3, 0.4) is 0 Å². The normalized spacial score (nSPS) is 21.3. The number of nitro groups is 1. The van der Waals surface area contributed by atoms with E-state index in [4.69, 9.17) is 4.74 Å². The first-order valence-corrected chi connectivity index (χ1v) is 8.95. The van der Waals surface area contributed by atoms with Crippen molar-refractivity contribution in [2.75, 3.05) is 31.6 Å². The number of ether oxygens (including phenoxy) is 1. The van der Waals surface area contributed by atoms with Crippen LogP contribution < -0.4 is 5.32 Å². The van der Waals surface area contributed by atoms with Crippen molar-refractivity contribution in [3.63, 3.8) is 0 Å². The summed E-state index contributed by atoms with van der Waals surface area (Å²) in [5.41, 5.74) is 0.744. The van der Waals surface area contributed by atoms with Gasteiger partial charge in [-0.2, -0.15) is 0 Å². The maximum Gasteiger partial charge on any atom is 0.292 e. The van der Waals surface area contributed by atoms with Crippen LogP contribution in [0, 0.1) is 10.1 Å². The fourth-order valence-corrected chi connectivity index (χ4v) is 3.82. The maximum absolute atomic E-state index is 11.2. The summed E-state index contributed by atoms with van der Waals surface area (Å²) in [6.45, 7) is 3.83. The summed E-state index contributed by atoms with van der Waals surface area (Å²) in [6, 6.07) is 5.98. The van der Waals surface area contributed by atoms with E-state index in [1.807, 2.05) is 0 Å². The third-order valence-electron chi connectivity index (χ3n) is 4.75. The first-order valence-electron chi connectivity index (χ1n) is 8.16. The fraction of sp³-hybridized carbons (Fsp3) is 0.625. The molecule has 0 radical (unpaired) electrons. The molecule has 2 heterocycles. The standard InChI is InChI=1S/C16H22BrN3O3/c17-12-1-2-16(20(21)22)15(11-12)18-13-3-7-19(8-4-13)14-5-9-23-10-6-14/h1-2,11,13-14,18H,3-10H2. The Bertz CT molecular complexity index is 556. The third-order valence-corrected chi connectivity index (χ3v) is 5.24. The highest BCUT2D eigenvalue weighted by Crippen LogP contribution is 2.30. The van der Waals surface area contributed by atoms with Crippen molar-refractivity contribution in [3.05, 3.63) is 32.8 Å². The molecule has 0 amide bonds. The Morgan fingerprint density at radius 1 is 1.22 bits per heavy atom. The number of anilines is 1. The van der Waals surface area contributed by atoms with Crippen LogP contribution in [-0.2, 0) is 4.74 Å². The van der Waals surface area contributed by atoms with Gasteiger partial charge in [-0.05, 0) is 37.8 Å². The van der Waals surface area contributed by atoms with Gasteiger partial charge in [-0.25, -0.2) is 0 Å². The molecule has 0 unspecified atom stereocenters. The first kappa shape index (κ1) is 16.7. The highest BCUT2D eigenvalue weighted by atomic mass is 79.9. The lowest BCUT2D eigenvalue weighted by Gasteiger charge is -2.39. The summed E-state index contributed by atoms with van der Waals surface area (Å²) in [7, 11) is 0. The van der Waals surface area contributed by atoms with Gasteiger partial charge in [-0.15, -0.1) is 0 Å². The molecule has 0 aromatic heterocycles. The summed E-state index contributed by atoms with van der Waals surface area (Å²) >= 11 is 3.39. The van der Waals surface area contributed by atoms with E-state index in [9.17, 15) is 10.1 Å². The van der Waals surface area contributed by atoms with Crippen LogP contribution in [-0.4, -0.2) is 48.2 Å². The van der Waals surface area contributed by atoms with Crippen LogP contribution in [0.4, 0.5) is 11.4 Å². The molecule has 2 saturated heterocycles. The lowest BCUT2D eigenvalue weighted by atomic mass is 9.99. The number of nitrogens with one attached hydrogen (secondary N) is 1. The summed E-state index contributed by atoms with van der Waals surface area (Å²) < 4.78 is 6.28. The molecule has 2 aliphatic rings. The second-order valence-electron chi connectivity index (χ2n) is 6.22. The minimum atomic E-state index is -0.327. The maximum atomic E-state index is 11.2. The van der Waals surface area contributed by atoms with Crippen molar-refractivity contribution in [1.82, 2.24) is 4.90 Å². The van der Waals surface area contributed by atoms with Crippen molar-refractivity contribution >= 4 is 27.3 Å². The van der Waals surface area contributed by atoms with Gasteiger partial charge in [0.15, 0.2) is 0 Å². The zero-order chi connectivity index (χ0) is 16.2. The van der Waals surface area contributed by atoms with E-state index in [2.05, 4.69) is 26.1 Å². The molecule has 1 aromatic rings. The summed E-state index contributed by atoms with van der Waals surface area (Å²) in [5.74, 6) is 0. The zero-order valence-electron chi connectivity index (χ0n) is 13.0. The number of nitro benzene ring substituents is 1. The number of hydrogen-bond acceptors (Lipinski definition) is 5. The summed E-state index contributed by atoms with van der Waals surface area (Å²) in [4.78, 5) is 13.4. The van der Waals surface area contributed by atoms with Gasteiger partial charge in [0.2, 0.25) is 0 Å². The minimum Gasteiger partial charge on any atom is -0.381 e. The van der Waals surface area contributed by atoms with Crippen LogP contribution in [0.15, 0.2) is 22.7 Å².